The Morgan fingerprint density at radius 3 is 1.31 bits per heavy atom. The van der Waals surface area contributed by atoms with Crippen LogP contribution in [0, 0.1) is 24.7 Å². The van der Waals surface area contributed by atoms with Gasteiger partial charge in [0.1, 0.15) is 0 Å². The molecule has 0 saturated heterocycles. The van der Waals surface area contributed by atoms with Crippen molar-refractivity contribution in [1.82, 2.24) is 0 Å². The number of hydrogen-bond acceptors (Lipinski definition) is 0. The standard InChI is InChI=1S/C16H18/c1-7-13-9-16(12(5)6)14(8-2)10-15(13)11(3)4/h1-2,9-12H,3-6H3. The van der Waals surface area contributed by atoms with Gasteiger partial charge in [0.2, 0.25) is 0 Å². The summed E-state index contributed by atoms with van der Waals surface area (Å²) < 4.78 is 0. The van der Waals surface area contributed by atoms with Crippen LogP contribution in [0.15, 0.2) is 12.1 Å². The SMILES string of the molecule is C#Cc1cc(C(C)C)c(C#C)cc1C(C)C. The lowest BCUT2D eigenvalue weighted by Gasteiger charge is -2.15. The van der Waals surface area contributed by atoms with Crippen LogP contribution in [0.2, 0.25) is 0 Å². The van der Waals surface area contributed by atoms with Gasteiger partial charge in [-0.3, -0.25) is 0 Å². The van der Waals surface area contributed by atoms with E-state index in [4.69, 9.17) is 12.8 Å². The maximum atomic E-state index is 5.55. The fourth-order valence-corrected chi connectivity index (χ4v) is 1.84. The normalized spacial score (nSPS) is 10.2. The summed E-state index contributed by atoms with van der Waals surface area (Å²) >= 11 is 0. The van der Waals surface area contributed by atoms with Crippen molar-refractivity contribution in [3.05, 3.63) is 34.4 Å². The van der Waals surface area contributed by atoms with E-state index in [1.807, 2.05) is 0 Å². The highest BCUT2D eigenvalue weighted by Crippen LogP contribution is 2.27. The van der Waals surface area contributed by atoms with E-state index in [-0.39, 0.29) is 0 Å². The Morgan fingerprint density at radius 1 is 0.812 bits per heavy atom. The minimum Gasteiger partial charge on any atom is -0.115 e. The molecule has 0 aliphatic carbocycles. The fraction of sp³-hybridized carbons (Fsp3) is 0.375. The van der Waals surface area contributed by atoms with Gasteiger partial charge < -0.3 is 0 Å². The summed E-state index contributed by atoms with van der Waals surface area (Å²) in [6.45, 7) is 8.52. The Hall–Kier alpha value is -1.66. The molecule has 0 aliphatic rings. The molecule has 1 aromatic rings. The summed E-state index contributed by atoms with van der Waals surface area (Å²) in [6.07, 6.45) is 11.1. The lowest BCUT2D eigenvalue weighted by atomic mass is 9.88. The molecular weight excluding hydrogens is 192 g/mol. The zero-order valence-corrected chi connectivity index (χ0v) is 10.5. The molecule has 0 atom stereocenters. The van der Waals surface area contributed by atoms with Crippen molar-refractivity contribution >= 4 is 0 Å². The second-order valence-electron chi connectivity index (χ2n) is 4.62. The summed E-state index contributed by atoms with van der Waals surface area (Å²) in [5, 5.41) is 0. The molecule has 0 bridgehead atoms. The summed E-state index contributed by atoms with van der Waals surface area (Å²) in [5.41, 5.74) is 4.27. The molecule has 0 saturated carbocycles. The molecule has 0 unspecified atom stereocenters. The maximum Gasteiger partial charge on any atom is 0.0280 e. The first-order valence-electron chi connectivity index (χ1n) is 5.62. The summed E-state index contributed by atoms with van der Waals surface area (Å²) in [4.78, 5) is 0. The zero-order valence-electron chi connectivity index (χ0n) is 10.5. The van der Waals surface area contributed by atoms with E-state index in [2.05, 4.69) is 51.7 Å². The van der Waals surface area contributed by atoms with Crippen molar-refractivity contribution in [2.75, 3.05) is 0 Å². The molecule has 1 rings (SSSR count). The van der Waals surface area contributed by atoms with Crippen LogP contribution in [0.5, 0.6) is 0 Å². The van der Waals surface area contributed by atoms with E-state index in [9.17, 15) is 0 Å². The minimum absolute atomic E-state index is 0.402. The van der Waals surface area contributed by atoms with Crippen molar-refractivity contribution in [1.29, 1.82) is 0 Å². The van der Waals surface area contributed by atoms with Crippen LogP contribution in [0.3, 0.4) is 0 Å². The van der Waals surface area contributed by atoms with Crippen molar-refractivity contribution in [3.63, 3.8) is 0 Å². The van der Waals surface area contributed by atoms with Gasteiger partial charge in [0.05, 0.1) is 0 Å². The number of hydrogen-bond donors (Lipinski definition) is 0. The second kappa shape index (κ2) is 4.91. The quantitative estimate of drug-likeness (QED) is 0.649. The Labute approximate surface area is 99.1 Å². The van der Waals surface area contributed by atoms with Gasteiger partial charge >= 0.3 is 0 Å². The molecule has 82 valence electrons. The topological polar surface area (TPSA) is 0 Å². The molecule has 0 spiro atoms. The lowest BCUT2D eigenvalue weighted by molar-refractivity contribution is 0.839. The Morgan fingerprint density at radius 2 is 1.12 bits per heavy atom. The van der Waals surface area contributed by atoms with E-state index in [0.717, 1.165) is 11.1 Å². The van der Waals surface area contributed by atoms with Gasteiger partial charge in [0, 0.05) is 11.1 Å². The smallest absolute Gasteiger partial charge is 0.0280 e. The molecule has 0 aromatic heterocycles. The van der Waals surface area contributed by atoms with Crippen LogP contribution in [0.4, 0.5) is 0 Å². The molecule has 0 fully saturated rings. The van der Waals surface area contributed by atoms with E-state index >= 15 is 0 Å². The number of benzene rings is 1. The highest BCUT2D eigenvalue weighted by atomic mass is 14.1. The molecule has 1 aromatic carbocycles. The third-order valence-corrected chi connectivity index (χ3v) is 2.78. The Kier molecular flexibility index (Phi) is 3.81. The highest BCUT2D eigenvalue weighted by Gasteiger charge is 2.12. The van der Waals surface area contributed by atoms with Gasteiger partial charge in [0.15, 0.2) is 0 Å². The average molecular weight is 210 g/mol. The number of terminal acetylenes is 2. The molecule has 0 amide bonds. The largest absolute Gasteiger partial charge is 0.115 e. The van der Waals surface area contributed by atoms with Crippen molar-refractivity contribution < 1.29 is 0 Å². The van der Waals surface area contributed by atoms with Crippen LogP contribution in [-0.2, 0) is 0 Å². The molecule has 0 heterocycles. The first-order chi connectivity index (χ1) is 7.51. The predicted molar refractivity (Wildman–Crippen MR) is 70.5 cm³/mol. The van der Waals surface area contributed by atoms with Crippen LogP contribution in [0.1, 0.15) is 61.8 Å². The van der Waals surface area contributed by atoms with E-state index in [0.29, 0.717) is 11.8 Å². The van der Waals surface area contributed by atoms with Crippen molar-refractivity contribution in [3.8, 4) is 24.7 Å². The molecule has 0 heteroatoms. The predicted octanol–water partition coefficient (Wildman–Crippen LogP) is 3.90. The maximum absolute atomic E-state index is 5.55. The third-order valence-electron chi connectivity index (χ3n) is 2.78. The lowest BCUT2D eigenvalue weighted by Crippen LogP contribution is -2.00. The molecule has 16 heavy (non-hydrogen) atoms. The van der Waals surface area contributed by atoms with Crippen LogP contribution in [-0.4, -0.2) is 0 Å². The van der Waals surface area contributed by atoms with E-state index < -0.39 is 0 Å². The average Bonchev–Trinajstić information content (AvgIpc) is 2.26. The number of rotatable bonds is 2. The van der Waals surface area contributed by atoms with Crippen LogP contribution in [0.25, 0.3) is 0 Å². The van der Waals surface area contributed by atoms with E-state index in [1.165, 1.54) is 11.1 Å². The van der Waals surface area contributed by atoms with Gasteiger partial charge in [-0.15, -0.1) is 12.8 Å². The Balaban J connectivity index is 3.50. The molecular formula is C16H18. The fourth-order valence-electron chi connectivity index (χ4n) is 1.84. The summed E-state index contributed by atoms with van der Waals surface area (Å²) in [6, 6.07) is 4.13. The highest BCUT2D eigenvalue weighted by molar-refractivity contribution is 5.53. The van der Waals surface area contributed by atoms with Gasteiger partial charge in [0.25, 0.3) is 0 Å². The molecule has 0 aliphatic heterocycles. The minimum atomic E-state index is 0.402. The van der Waals surface area contributed by atoms with Gasteiger partial charge in [-0.25, -0.2) is 0 Å². The second-order valence-corrected chi connectivity index (χ2v) is 4.62. The van der Waals surface area contributed by atoms with Crippen LogP contribution < -0.4 is 0 Å². The van der Waals surface area contributed by atoms with Gasteiger partial charge in [-0.1, -0.05) is 39.5 Å². The zero-order chi connectivity index (χ0) is 12.3. The molecule has 0 N–H and O–H groups in total. The van der Waals surface area contributed by atoms with Gasteiger partial charge in [-0.2, -0.15) is 0 Å². The monoisotopic (exact) mass is 210 g/mol. The first kappa shape index (κ1) is 12.4. The van der Waals surface area contributed by atoms with Crippen molar-refractivity contribution in [2.45, 2.75) is 39.5 Å². The Bertz CT molecular complexity index is 416. The third kappa shape index (κ3) is 2.29. The van der Waals surface area contributed by atoms with Crippen molar-refractivity contribution in [2.24, 2.45) is 0 Å². The summed E-state index contributed by atoms with van der Waals surface area (Å²) in [5.74, 6) is 6.31. The van der Waals surface area contributed by atoms with Gasteiger partial charge in [-0.05, 0) is 35.1 Å². The van der Waals surface area contributed by atoms with E-state index in [1.54, 1.807) is 0 Å². The first-order valence-corrected chi connectivity index (χ1v) is 5.62. The molecule has 0 radical (unpaired) electrons. The van der Waals surface area contributed by atoms with Crippen LogP contribution >= 0.6 is 0 Å². The summed E-state index contributed by atoms with van der Waals surface area (Å²) in [7, 11) is 0. The molecule has 0 nitrogen and oxygen atoms in total.